The van der Waals surface area contributed by atoms with Crippen molar-refractivity contribution in [2.24, 2.45) is 0 Å². The van der Waals surface area contributed by atoms with Crippen molar-refractivity contribution in [3.63, 3.8) is 0 Å². The molecule has 3 N–H and O–H groups in total. The molecule has 0 aromatic heterocycles. The minimum Gasteiger partial charge on any atom is -0.507 e. The topological polar surface area (TPSA) is 112 Å². The number of hydrogen-bond acceptors (Lipinski definition) is 4. The molecule has 158 valence electrons. The molecule has 0 aliphatic rings. The van der Waals surface area contributed by atoms with Gasteiger partial charge in [-0.1, -0.05) is 71.9 Å². The second-order valence-corrected chi connectivity index (χ2v) is 9.29. The Labute approximate surface area is 172 Å². The molecule has 0 unspecified atom stereocenters. The lowest BCUT2D eigenvalue weighted by Gasteiger charge is -2.28. The SMILES string of the molecule is CC(C)(C)c1cc(C(=O)C(=O)c2ccccc2)cc(C(C)(C)C)c1O.O=[PH](O)O. The quantitative estimate of drug-likeness (QED) is 0.385. The van der Waals surface area contributed by atoms with Crippen molar-refractivity contribution in [2.45, 2.75) is 52.4 Å². The van der Waals surface area contributed by atoms with Crippen LogP contribution in [0, 0.1) is 0 Å². The molecule has 0 amide bonds. The Hall–Kier alpha value is -2.27. The van der Waals surface area contributed by atoms with Crippen molar-refractivity contribution in [3.05, 3.63) is 64.7 Å². The molecule has 2 aromatic rings. The molecule has 0 atom stereocenters. The number of hydrogen-bond donors (Lipinski definition) is 3. The number of aromatic hydroxyl groups is 1. The highest BCUT2D eigenvalue weighted by Crippen LogP contribution is 2.40. The molecule has 0 saturated carbocycles. The highest BCUT2D eigenvalue weighted by molar-refractivity contribution is 7.30. The first-order chi connectivity index (χ1) is 13.2. The van der Waals surface area contributed by atoms with Crippen LogP contribution in [0.1, 0.15) is 73.4 Å². The van der Waals surface area contributed by atoms with Crippen LogP contribution in [-0.4, -0.2) is 26.5 Å². The van der Waals surface area contributed by atoms with Gasteiger partial charge in [-0.2, -0.15) is 0 Å². The van der Waals surface area contributed by atoms with E-state index in [4.69, 9.17) is 14.4 Å². The van der Waals surface area contributed by atoms with E-state index in [-0.39, 0.29) is 16.6 Å². The van der Waals surface area contributed by atoms with Crippen molar-refractivity contribution in [3.8, 4) is 5.75 Å². The number of Topliss-reactive ketones (excluding diaryl/α,β-unsaturated/α-hetero) is 2. The van der Waals surface area contributed by atoms with Gasteiger partial charge in [0.2, 0.25) is 11.6 Å². The maximum absolute atomic E-state index is 12.8. The Kier molecular flexibility index (Phi) is 8.10. The van der Waals surface area contributed by atoms with Crippen LogP contribution in [0.5, 0.6) is 5.75 Å². The van der Waals surface area contributed by atoms with Crippen LogP contribution in [0.15, 0.2) is 42.5 Å². The molecule has 0 heterocycles. The van der Waals surface area contributed by atoms with Gasteiger partial charge in [0.15, 0.2) is 0 Å². The zero-order valence-electron chi connectivity index (χ0n) is 17.6. The fraction of sp³-hybridized carbons (Fsp3) is 0.364. The molecule has 0 saturated heterocycles. The first kappa shape index (κ1) is 24.8. The van der Waals surface area contributed by atoms with Gasteiger partial charge in [-0.3, -0.25) is 14.2 Å². The lowest BCUT2D eigenvalue weighted by Crippen LogP contribution is -2.21. The predicted molar refractivity (Wildman–Crippen MR) is 114 cm³/mol. The molecule has 0 radical (unpaired) electrons. The third-order valence-corrected chi connectivity index (χ3v) is 4.23. The van der Waals surface area contributed by atoms with Gasteiger partial charge >= 0.3 is 8.25 Å². The Balaban J connectivity index is 0.000000960. The van der Waals surface area contributed by atoms with Crippen LogP contribution in [0.2, 0.25) is 0 Å². The Bertz CT molecular complexity index is 866. The first-order valence-electron chi connectivity index (χ1n) is 9.10. The third-order valence-electron chi connectivity index (χ3n) is 4.23. The number of ketones is 2. The predicted octanol–water partition coefficient (Wildman–Crippen LogP) is 4.41. The van der Waals surface area contributed by atoms with Gasteiger partial charge in [0.1, 0.15) is 5.75 Å². The standard InChI is InChI=1S/C22H26O3.H3O3P/c1-21(2,3)16-12-15(13-17(20(16)25)22(4,5)6)19(24)18(23)14-10-8-7-9-11-14;1-4(2)3/h7-13,25H,1-6H3;4H,(H2,1,2,3). The van der Waals surface area contributed by atoms with E-state index < -0.39 is 19.8 Å². The van der Waals surface area contributed by atoms with Crippen LogP contribution in [0.3, 0.4) is 0 Å². The summed E-state index contributed by atoms with van der Waals surface area (Å²) in [5.41, 5.74) is 1.33. The summed E-state index contributed by atoms with van der Waals surface area (Å²) in [4.78, 5) is 39.6. The Morgan fingerprint density at radius 3 is 1.45 bits per heavy atom. The van der Waals surface area contributed by atoms with E-state index in [1.165, 1.54) is 0 Å². The number of phenolic OH excluding ortho intramolecular Hbond substituents is 1. The summed E-state index contributed by atoms with van der Waals surface area (Å²) >= 11 is 0. The van der Waals surface area contributed by atoms with Gasteiger partial charge < -0.3 is 14.9 Å². The zero-order chi connectivity index (χ0) is 22.6. The Morgan fingerprint density at radius 2 is 1.10 bits per heavy atom. The average molecular weight is 420 g/mol. The van der Waals surface area contributed by atoms with E-state index in [0.29, 0.717) is 22.3 Å². The second-order valence-electron chi connectivity index (χ2n) is 8.73. The van der Waals surface area contributed by atoms with Crippen molar-refractivity contribution >= 4 is 19.8 Å². The van der Waals surface area contributed by atoms with Gasteiger partial charge in [0.05, 0.1) is 0 Å². The van der Waals surface area contributed by atoms with Crippen molar-refractivity contribution in [1.82, 2.24) is 0 Å². The molecule has 2 rings (SSSR count). The normalized spacial score (nSPS) is 11.6. The van der Waals surface area contributed by atoms with E-state index in [1.807, 2.05) is 41.5 Å². The zero-order valence-corrected chi connectivity index (χ0v) is 18.6. The van der Waals surface area contributed by atoms with Crippen LogP contribution in [-0.2, 0) is 15.4 Å². The summed E-state index contributed by atoms with van der Waals surface area (Å²) in [5.74, 6) is -0.892. The van der Waals surface area contributed by atoms with Crippen LogP contribution < -0.4 is 0 Å². The molecule has 29 heavy (non-hydrogen) atoms. The highest BCUT2D eigenvalue weighted by atomic mass is 31.1. The number of carbonyl (C=O) groups is 2. The van der Waals surface area contributed by atoms with Gasteiger partial charge in [0, 0.05) is 22.3 Å². The minimum atomic E-state index is -3.13. The van der Waals surface area contributed by atoms with Gasteiger partial charge in [-0.25, -0.2) is 0 Å². The lowest BCUT2D eigenvalue weighted by molar-refractivity contribution is 0.0816. The van der Waals surface area contributed by atoms with E-state index in [0.717, 1.165) is 0 Å². The Morgan fingerprint density at radius 1 is 0.759 bits per heavy atom. The number of rotatable bonds is 3. The summed E-state index contributed by atoms with van der Waals surface area (Å²) in [7, 11) is -3.13. The van der Waals surface area contributed by atoms with E-state index in [2.05, 4.69) is 0 Å². The van der Waals surface area contributed by atoms with Gasteiger partial charge in [-0.05, 0) is 23.0 Å². The van der Waals surface area contributed by atoms with Gasteiger partial charge in [-0.15, -0.1) is 0 Å². The molecular weight excluding hydrogens is 391 g/mol. The average Bonchev–Trinajstić information content (AvgIpc) is 2.59. The molecule has 0 fully saturated rings. The van der Waals surface area contributed by atoms with Gasteiger partial charge in [0.25, 0.3) is 0 Å². The summed E-state index contributed by atoms with van der Waals surface area (Å²) in [6.07, 6.45) is 0. The van der Waals surface area contributed by atoms with E-state index in [9.17, 15) is 14.7 Å². The maximum Gasteiger partial charge on any atom is 0.314 e. The van der Waals surface area contributed by atoms with E-state index in [1.54, 1.807) is 42.5 Å². The fourth-order valence-electron chi connectivity index (χ4n) is 2.76. The van der Waals surface area contributed by atoms with Crippen molar-refractivity contribution in [2.75, 3.05) is 0 Å². The lowest BCUT2D eigenvalue weighted by atomic mass is 9.77. The molecule has 0 aliphatic heterocycles. The molecule has 6 nitrogen and oxygen atoms in total. The smallest absolute Gasteiger partial charge is 0.314 e. The summed E-state index contributed by atoms with van der Waals surface area (Å²) in [5, 5.41) is 10.7. The van der Waals surface area contributed by atoms with Crippen LogP contribution in [0.25, 0.3) is 0 Å². The summed E-state index contributed by atoms with van der Waals surface area (Å²) < 4.78 is 8.74. The first-order valence-corrected chi connectivity index (χ1v) is 10.4. The minimum absolute atomic E-state index is 0.198. The largest absolute Gasteiger partial charge is 0.507 e. The summed E-state index contributed by atoms with van der Waals surface area (Å²) in [6.45, 7) is 11.8. The molecule has 0 spiro atoms. The van der Waals surface area contributed by atoms with E-state index >= 15 is 0 Å². The molecular formula is C22H29O6P. The number of phenols is 1. The fourth-order valence-corrected chi connectivity index (χ4v) is 2.76. The van der Waals surface area contributed by atoms with Crippen molar-refractivity contribution < 1.29 is 29.0 Å². The van der Waals surface area contributed by atoms with Crippen molar-refractivity contribution in [1.29, 1.82) is 0 Å². The molecule has 2 aromatic carbocycles. The molecule has 0 bridgehead atoms. The maximum atomic E-state index is 12.8. The molecule has 7 heteroatoms. The van der Waals surface area contributed by atoms with Crippen LogP contribution in [0.4, 0.5) is 0 Å². The number of benzene rings is 2. The third kappa shape index (κ3) is 6.93. The second kappa shape index (κ2) is 9.49. The number of carbonyl (C=O) groups excluding carboxylic acids is 2. The molecule has 0 aliphatic carbocycles. The summed E-state index contributed by atoms with van der Waals surface area (Å²) in [6, 6.07) is 11.8. The van der Waals surface area contributed by atoms with Crippen LogP contribution >= 0.6 is 8.25 Å². The monoisotopic (exact) mass is 420 g/mol. The highest BCUT2D eigenvalue weighted by Gasteiger charge is 2.29.